The van der Waals surface area contributed by atoms with Gasteiger partial charge in [-0.15, -0.1) is 0 Å². The van der Waals surface area contributed by atoms with E-state index in [1.54, 1.807) is 43.4 Å². The predicted molar refractivity (Wildman–Crippen MR) is 92.2 cm³/mol. The van der Waals surface area contributed by atoms with Crippen molar-refractivity contribution in [1.29, 1.82) is 0 Å². The predicted octanol–water partition coefficient (Wildman–Crippen LogP) is 3.91. The molecule has 0 saturated heterocycles. The Morgan fingerprint density at radius 2 is 1.75 bits per heavy atom. The maximum absolute atomic E-state index is 12.8. The van der Waals surface area contributed by atoms with Crippen molar-refractivity contribution in [3.63, 3.8) is 0 Å². The zero-order valence-electron chi connectivity index (χ0n) is 13.5. The average Bonchev–Trinajstić information content (AvgIpc) is 2.63. The summed E-state index contributed by atoms with van der Waals surface area (Å²) in [6.07, 6.45) is -0.600. The van der Waals surface area contributed by atoms with Gasteiger partial charge in [0.15, 0.2) is 5.76 Å². The molecular formula is C19H17NO4. The second-order valence-electron chi connectivity index (χ2n) is 5.33. The minimum Gasteiger partial charge on any atom is -0.452 e. The largest absolute Gasteiger partial charge is 0.452 e. The van der Waals surface area contributed by atoms with Crippen LogP contribution in [0.1, 0.15) is 6.92 Å². The number of nitrogens with zero attached hydrogens (tertiary/aromatic N) is 1. The van der Waals surface area contributed by atoms with E-state index in [4.69, 9.17) is 9.15 Å². The van der Waals surface area contributed by atoms with Gasteiger partial charge < -0.3 is 14.1 Å². The minimum atomic E-state index is -0.600. The molecule has 0 aliphatic rings. The molecule has 24 heavy (non-hydrogen) atoms. The smallest absolute Gasteiger partial charge is 0.415 e. The molecule has 2 aromatic carbocycles. The number of amides is 1. The molecule has 5 nitrogen and oxygen atoms in total. The number of para-hydroxylation sites is 1. The normalized spacial score (nSPS) is 10.6. The van der Waals surface area contributed by atoms with Crippen molar-refractivity contribution in [2.24, 2.45) is 0 Å². The van der Waals surface area contributed by atoms with E-state index in [-0.39, 0.29) is 16.9 Å². The van der Waals surface area contributed by atoms with E-state index < -0.39 is 6.09 Å². The monoisotopic (exact) mass is 323 g/mol. The molecule has 0 saturated carbocycles. The Hall–Kier alpha value is -3.08. The first kappa shape index (κ1) is 15.8. The summed E-state index contributed by atoms with van der Waals surface area (Å²) in [4.78, 5) is 26.3. The van der Waals surface area contributed by atoms with E-state index in [2.05, 4.69) is 0 Å². The van der Waals surface area contributed by atoms with Gasteiger partial charge in [-0.05, 0) is 19.1 Å². The number of benzene rings is 2. The maximum atomic E-state index is 12.8. The van der Waals surface area contributed by atoms with Gasteiger partial charge in [-0.2, -0.15) is 0 Å². The minimum absolute atomic E-state index is 0.0924. The lowest BCUT2D eigenvalue weighted by Gasteiger charge is -2.15. The van der Waals surface area contributed by atoms with E-state index in [0.29, 0.717) is 23.1 Å². The fourth-order valence-corrected chi connectivity index (χ4v) is 2.29. The molecule has 0 atom stereocenters. The third-order valence-corrected chi connectivity index (χ3v) is 3.77. The molecule has 1 amide bonds. The Balaban J connectivity index is 2.22. The topological polar surface area (TPSA) is 59.8 Å². The summed E-state index contributed by atoms with van der Waals surface area (Å²) < 4.78 is 11.3. The Kier molecular flexibility index (Phi) is 4.33. The highest BCUT2D eigenvalue weighted by molar-refractivity contribution is 5.83. The lowest BCUT2D eigenvalue weighted by Crippen LogP contribution is -2.31. The number of carbonyl (C=O) groups excluding carboxylic acids is 1. The molecule has 0 spiro atoms. The van der Waals surface area contributed by atoms with Crippen LogP contribution in [0.3, 0.4) is 0 Å². The van der Waals surface area contributed by atoms with Crippen LogP contribution < -0.4 is 10.2 Å². The first-order chi connectivity index (χ1) is 11.6. The lowest BCUT2D eigenvalue weighted by atomic mass is 10.1. The van der Waals surface area contributed by atoms with Gasteiger partial charge in [0.25, 0.3) is 0 Å². The van der Waals surface area contributed by atoms with Gasteiger partial charge >= 0.3 is 6.09 Å². The van der Waals surface area contributed by atoms with E-state index in [0.717, 1.165) is 0 Å². The molecule has 0 radical (unpaired) electrons. The molecule has 3 aromatic rings. The van der Waals surface area contributed by atoms with Crippen molar-refractivity contribution < 1.29 is 13.9 Å². The first-order valence-electron chi connectivity index (χ1n) is 7.66. The van der Waals surface area contributed by atoms with Gasteiger partial charge in [-0.1, -0.05) is 42.5 Å². The van der Waals surface area contributed by atoms with E-state index in [1.807, 2.05) is 25.1 Å². The zero-order chi connectivity index (χ0) is 17.1. The molecule has 3 rings (SSSR count). The molecular weight excluding hydrogens is 306 g/mol. The van der Waals surface area contributed by atoms with Crippen LogP contribution in [-0.4, -0.2) is 24.6 Å². The summed E-state index contributed by atoms with van der Waals surface area (Å²) in [6, 6.07) is 16.0. The van der Waals surface area contributed by atoms with E-state index in [1.165, 1.54) is 4.90 Å². The van der Waals surface area contributed by atoms with Crippen LogP contribution in [0.5, 0.6) is 5.75 Å². The van der Waals surface area contributed by atoms with Crippen molar-refractivity contribution >= 4 is 17.1 Å². The molecule has 122 valence electrons. The van der Waals surface area contributed by atoms with Crippen LogP contribution >= 0.6 is 0 Å². The molecule has 0 aliphatic heterocycles. The summed E-state index contributed by atoms with van der Waals surface area (Å²) in [7, 11) is 1.60. The maximum Gasteiger partial charge on any atom is 0.415 e. The third-order valence-electron chi connectivity index (χ3n) is 3.77. The highest BCUT2D eigenvalue weighted by Crippen LogP contribution is 2.30. The van der Waals surface area contributed by atoms with Crippen LogP contribution in [-0.2, 0) is 0 Å². The molecule has 0 bridgehead atoms. The number of hydrogen-bond donors (Lipinski definition) is 0. The third kappa shape index (κ3) is 2.88. The second kappa shape index (κ2) is 6.58. The molecule has 0 fully saturated rings. The van der Waals surface area contributed by atoms with Gasteiger partial charge in [0.1, 0.15) is 5.58 Å². The number of carbonyl (C=O) groups is 1. The standard InChI is InChI=1S/C19H17NO4/c1-3-20(2)19(22)24-18-16(21)14-11-7-8-12-15(14)23-17(18)13-9-5-4-6-10-13/h4-12H,3H2,1-2H3. The van der Waals surface area contributed by atoms with Crippen LogP contribution in [0, 0.1) is 0 Å². The second-order valence-corrected chi connectivity index (χ2v) is 5.33. The van der Waals surface area contributed by atoms with Gasteiger partial charge in [0.2, 0.25) is 11.2 Å². The van der Waals surface area contributed by atoms with Gasteiger partial charge in [-0.25, -0.2) is 4.79 Å². The molecule has 1 aromatic heterocycles. The highest BCUT2D eigenvalue weighted by Gasteiger charge is 2.21. The molecule has 5 heteroatoms. The summed E-state index contributed by atoms with van der Waals surface area (Å²) >= 11 is 0. The molecule has 0 aliphatic carbocycles. The average molecular weight is 323 g/mol. The van der Waals surface area contributed by atoms with Crippen molar-refractivity contribution in [2.45, 2.75) is 6.92 Å². The molecule has 0 N–H and O–H groups in total. The molecule has 1 heterocycles. The van der Waals surface area contributed by atoms with Gasteiger partial charge in [-0.3, -0.25) is 4.79 Å². The van der Waals surface area contributed by atoms with Crippen molar-refractivity contribution in [1.82, 2.24) is 4.90 Å². The van der Waals surface area contributed by atoms with E-state index in [9.17, 15) is 9.59 Å². The number of fused-ring (bicyclic) bond motifs is 1. The lowest BCUT2D eigenvalue weighted by molar-refractivity contribution is 0.164. The zero-order valence-corrected chi connectivity index (χ0v) is 13.5. The Labute approximate surface area is 139 Å². The summed E-state index contributed by atoms with van der Waals surface area (Å²) in [5, 5.41) is 0.374. The fraction of sp³-hybridized carbons (Fsp3) is 0.158. The quantitative estimate of drug-likeness (QED) is 0.733. The Bertz CT molecular complexity index is 931. The Morgan fingerprint density at radius 1 is 1.08 bits per heavy atom. The van der Waals surface area contributed by atoms with Crippen LogP contribution in [0.25, 0.3) is 22.3 Å². The van der Waals surface area contributed by atoms with Crippen LogP contribution in [0.15, 0.2) is 63.8 Å². The van der Waals surface area contributed by atoms with Gasteiger partial charge in [0.05, 0.1) is 5.39 Å². The van der Waals surface area contributed by atoms with Crippen LogP contribution in [0.2, 0.25) is 0 Å². The van der Waals surface area contributed by atoms with Crippen molar-refractivity contribution in [2.75, 3.05) is 13.6 Å². The van der Waals surface area contributed by atoms with Crippen LogP contribution in [0.4, 0.5) is 4.79 Å². The Morgan fingerprint density at radius 3 is 2.46 bits per heavy atom. The first-order valence-corrected chi connectivity index (χ1v) is 7.66. The summed E-state index contributed by atoms with van der Waals surface area (Å²) in [5.41, 5.74) is 0.751. The number of hydrogen-bond acceptors (Lipinski definition) is 4. The van der Waals surface area contributed by atoms with Gasteiger partial charge in [0, 0.05) is 19.2 Å². The summed E-state index contributed by atoms with van der Waals surface area (Å²) in [5.74, 6) is 0.155. The summed E-state index contributed by atoms with van der Waals surface area (Å²) in [6.45, 7) is 2.29. The van der Waals surface area contributed by atoms with Crippen molar-refractivity contribution in [3.05, 3.63) is 64.8 Å². The number of ether oxygens (including phenoxy) is 1. The van der Waals surface area contributed by atoms with E-state index >= 15 is 0 Å². The number of rotatable bonds is 3. The molecule has 0 unspecified atom stereocenters. The SMILES string of the molecule is CCN(C)C(=O)Oc1c(-c2ccccc2)oc2ccccc2c1=O. The highest BCUT2D eigenvalue weighted by atomic mass is 16.6. The van der Waals surface area contributed by atoms with Crippen molar-refractivity contribution in [3.8, 4) is 17.1 Å². The fourth-order valence-electron chi connectivity index (χ4n) is 2.29.